The number of halogens is 2. The van der Waals surface area contributed by atoms with Crippen molar-refractivity contribution in [2.45, 2.75) is 20.3 Å². The van der Waals surface area contributed by atoms with E-state index in [2.05, 4.69) is 0 Å². The number of aryl methyl sites for hydroxylation is 2. The number of carbonyl (C=O) groups excluding carboxylic acids is 1. The van der Waals surface area contributed by atoms with Gasteiger partial charge in [0, 0.05) is 12.7 Å². The van der Waals surface area contributed by atoms with Crippen LogP contribution in [0.1, 0.15) is 11.1 Å². The molecule has 82 valence electrons. The van der Waals surface area contributed by atoms with Crippen LogP contribution >= 0.6 is 0 Å². The second kappa shape index (κ2) is 4.38. The van der Waals surface area contributed by atoms with Gasteiger partial charge in [0.25, 0.3) is 5.91 Å². The highest BCUT2D eigenvalue weighted by molar-refractivity contribution is 5.95. The van der Waals surface area contributed by atoms with Crippen molar-refractivity contribution in [3.63, 3.8) is 0 Å². The molecule has 2 nitrogen and oxygen atoms in total. The highest BCUT2D eigenvalue weighted by Gasteiger charge is 2.22. The van der Waals surface area contributed by atoms with Crippen LogP contribution in [0.2, 0.25) is 0 Å². The molecule has 1 aromatic rings. The molecular weight excluding hydrogens is 200 g/mol. The fraction of sp³-hybridized carbons (Fsp3) is 0.364. The summed E-state index contributed by atoms with van der Waals surface area (Å²) in [5, 5.41) is 0. The Bertz CT molecular complexity index is 377. The van der Waals surface area contributed by atoms with Gasteiger partial charge in [-0.05, 0) is 25.5 Å². The second-order valence-electron chi connectivity index (χ2n) is 3.49. The molecule has 0 aromatic heterocycles. The van der Waals surface area contributed by atoms with E-state index in [0.717, 1.165) is 16.0 Å². The van der Waals surface area contributed by atoms with Crippen LogP contribution in [0.15, 0.2) is 18.2 Å². The number of alkyl halides is 2. The molecule has 0 radical (unpaired) electrons. The average Bonchev–Trinajstić information content (AvgIpc) is 2.15. The van der Waals surface area contributed by atoms with Crippen LogP contribution in [0.3, 0.4) is 0 Å². The number of nitrogens with zero attached hydrogens (tertiary/aromatic N) is 1. The minimum absolute atomic E-state index is 0.519. The molecule has 1 aromatic carbocycles. The zero-order valence-corrected chi connectivity index (χ0v) is 8.92. The van der Waals surface area contributed by atoms with Crippen LogP contribution in [0.25, 0.3) is 0 Å². The SMILES string of the molecule is Cc1ccc(N(C)C(=O)C(F)F)c(C)c1. The monoisotopic (exact) mass is 213 g/mol. The molecule has 0 saturated heterocycles. The van der Waals surface area contributed by atoms with E-state index in [1.165, 1.54) is 7.05 Å². The van der Waals surface area contributed by atoms with E-state index in [0.29, 0.717) is 5.69 Å². The Balaban J connectivity index is 3.01. The van der Waals surface area contributed by atoms with Gasteiger partial charge in [-0.25, -0.2) is 0 Å². The van der Waals surface area contributed by atoms with Crippen molar-refractivity contribution in [1.29, 1.82) is 0 Å². The van der Waals surface area contributed by atoms with E-state index in [1.54, 1.807) is 19.1 Å². The maximum atomic E-state index is 12.2. The van der Waals surface area contributed by atoms with Crippen LogP contribution in [-0.4, -0.2) is 19.4 Å². The van der Waals surface area contributed by atoms with E-state index in [-0.39, 0.29) is 0 Å². The summed E-state index contributed by atoms with van der Waals surface area (Å²) in [6.07, 6.45) is -2.96. The number of carbonyl (C=O) groups is 1. The molecule has 0 spiro atoms. The molecule has 0 atom stereocenters. The molecule has 4 heteroatoms. The molecule has 0 bridgehead atoms. The number of benzene rings is 1. The van der Waals surface area contributed by atoms with Crippen molar-refractivity contribution in [3.05, 3.63) is 29.3 Å². The molecule has 0 aliphatic rings. The van der Waals surface area contributed by atoms with E-state index >= 15 is 0 Å². The van der Waals surface area contributed by atoms with E-state index in [4.69, 9.17) is 0 Å². The lowest BCUT2D eigenvalue weighted by Gasteiger charge is -2.19. The predicted molar refractivity (Wildman–Crippen MR) is 55.3 cm³/mol. The van der Waals surface area contributed by atoms with Gasteiger partial charge in [-0.15, -0.1) is 0 Å². The van der Waals surface area contributed by atoms with E-state index < -0.39 is 12.3 Å². The van der Waals surface area contributed by atoms with Crippen LogP contribution < -0.4 is 4.90 Å². The molecule has 1 amide bonds. The fourth-order valence-electron chi connectivity index (χ4n) is 1.45. The summed E-state index contributed by atoms with van der Waals surface area (Å²) in [6, 6.07) is 5.31. The zero-order chi connectivity index (χ0) is 11.6. The number of hydrogen-bond acceptors (Lipinski definition) is 1. The normalized spacial score (nSPS) is 10.5. The van der Waals surface area contributed by atoms with Gasteiger partial charge < -0.3 is 4.90 Å². The second-order valence-corrected chi connectivity index (χ2v) is 3.49. The molecule has 15 heavy (non-hydrogen) atoms. The third-order valence-corrected chi connectivity index (χ3v) is 2.23. The first kappa shape index (κ1) is 11.6. The first-order valence-corrected chi connectivity index (χ1v) is 4.56. The summed E-state index contributed by atoms with van der Waals surface area (Å²) in [5.74, 6) is -1.18. The third-order valence-electron chi connectivity index (χ3n) is 2.23. The summed E-state index contributed by atoms with van der Waals surface area (Å²) in [4.78, 5) is 12.0. The minimum Gasteiger partial charge on any atom is -0.310 e. The smallest absolute Gasteiger partial charge is 0.310 e. The highest BCUT2D eigenvalue weighted by Crippen LogP contribution is 2.21. The quantitative estimate of drug-likeness (QED) is 0.739. The van der Waals surface area contributed by atoms with E-state index in [9.17, 15) is 13.6 Å². The Hall–Kier alpha value is -1.45. The number of amides is 1. The molecule has 0 aliphatic heterocycles. The number of rotatable bonds is 2. The van der Waals surface area contributed by atoms with Gasteiger partial charge in [-0.3, -0.25) is 4.79 Å². The summed E-state index contributed by atoms with van der Waals surface area (Å²) < 4.78 is 24.4. The van der Waals surface area contributed by atoms with Crippen molar-refractivity contribution in [2.75, 3.05) is 11.9 Å². The first-order valence-electron chi connectivity index (χ1n) is 4.56. The lowest BCUT2D eigenvalue weighted by Crippen LogP contribution is -2.32. The van der Waals surface area contributed by atoms with Gasteiger partial charge in [0.1, 0.15) is 0 Å². The third kappa shape index (κ3) is 2.52. The summed E-state index contributed by atoms with van der Waals surface area (Å²) in [5.41, 5.74) is 2.37. The first-order chi connectivity index (χ1) is 6.93. The molecule has 0 saturated carbocycles. The number of hydrogen-bond donors (Lipinski definition) is 0. The maximum Gasteiger partial charge on any atom is 0.316 e. The summed E-state index contributed by atoms with van der Waals surface area (Å²) in [7, 11) is 1.35. The standard InChI is InChI=1S/C11H13F2NO/c1-7-4-5-9(8(2)6-7)14(3)11(15)10(12)13/h4-6,10H,1-3H3. The topological polar surface area (TPSA) is 20.3 Å². The molecule has 0 heterocycles. The van der Waals surface area contributed by atoms with Crippen molar-refractivity contribution >= 4 is 11.6 Å². The highest BCUT2D eigenvalue weighted by atomic mass is 19.3. The van der Waals surface area contributed by atoms with Crippen molar-refractivity contribution in [2.24, 2.45) is 0 Å². The van der Waals surface area contributed by atoms with Gasteiger partial charge in [0.15, 0.2) is 0 Å². The van der Waals surface area contributed by atoms with Crippen LogP contribution in [-0.2, 0) is 4.79 Å². The minimum atomic E-state index is -2.96. The average molecular weight is 213 g/mol. The zero-order valence-electron chi connectivity index (χ0n) is 8.92. The molecular formula is C11H13F2NO. The molecule has 1 rings (SSSR count). The van der Waals surface area contributed by atoms with Gasteiger partial charge in [0.05, 0.1) is 0 Å². The lowest BCUT2D eigenvalue weighted by molar-refractivity contribution is -0.128. The van der Waals surface area contributed by atoms with Gasteiger partial charge in [-0.1, -0.05) is 17.7 Å². The Labute approximate surface area is 87.5 Å². The van der Waals surface area contributed by atoms with Gasteiger partial charge in [0.2, 0.25) is 0 Å². The van der Waals surface area contributed by atoms with Crippen molar-refractivity contribution < 1.29 is 13.6 Å². The molecule has 0 aliphatic carbocycles. The van der Waals surface area contributed by atoms with Gasteiger partial charge in [-0.2, -0.15) is 8.78 Å². The summed E-state index contributed by atoms with van der Waals surface area (Å²) >= 11 is 0. The van der Waals surface area contributed by atoms with Gasteiger partial charge >= 0.3 is 6.43 Å². The van der Waals surface area contributed by atoms with Crippen LogP contribution in [0, 0.1) is 13.8 Å². The summed E-state index contributed by atoms with van der Waals surface area (Å²) in [6.45, 7) is 3.70. The largest absolute Gasteiger partial charge is 0.316 e. The predicted octanol–water partition coefficient (Wildman–Crippen LogP) is 2.53. The Kier molecular flexibility index (Phi) is 3.39. The van der Waals surface area contributed by atoms with Crippen molar-refractivity contribution in [3.8, 4) is 0 Å². The maximum absolute atomic E-state index is 12.2. The Morgan fingerprint density at radius 2 is 1.93 bits per heavy atom. The molecule has 0 unspecified atom stereocenters. The number of anilines is 1. The van der Waals surface area contributed by atoms with E-state index in [1.807, 2.05) is 13.0 Å². The fourth-order valence-corrected chi connectivity index (χ4v) is 1.45. The van der Waals surface area contributed by atoms with Crippen LogP contribution in [0.5, 0.6) is 0 Å². The van der Waals surface area contributed by atoms with Crippen LogP contribution in [0.4, 0.5) is 14.5 Å². The molecule has 0 N–H and O–H groups in total. The Morgan fingerprint density at radius 3 is 2.40 bits per heavy atom. The lowest BCUT2D eigenvalue weighted by atomic mass is 10.1. The Morgan fingerprint density at radius 1 is 1.33 bits per heavy atom. The molecule has 0 fully saturated rings. The van der Waals surface area contributed by atoms with Crippen molar-refractivity contribution in [1.82, 2.24) is 0 Å².